The van der Waals surface area contributed by atoms with E-state index in [1.165, 1.54) is 16.0 Å². The maximum absolute atomic E-state index is 5.81. The third-order valence-corrected chi connectivity index (χ3v) is 4.03. The number of hydrogen-bond acceptors (Lipinski definition) is 3. The average Bonchev–Trinajstić information content (AvgIpc) is 2.81. The van der Waals surface area contributed by atoms with E-state index in [1.807, 2.05) is 0 Å². The molecule has 0 unspecified atom stereocenters. The van der Waals surface area contributed by atoms with Gasteiger partial charge in [0.05, 0.1) is 12.3 Å². The Morgan fingerprint density at radius 2 is 2.05 bits per heavy atom. The van der Waals surface area contributed by atoms with Gasteiger partial charge in [-0.2, -0.15) is 0 Å². The summed E-state index contributed by atoms with van der Waals surface area (Å²) < 4.78 is 5.81. The topological polar surface area (TPSA) is 21.3 Å². The van der Waals surface area contributed by atoms with Gasteiger partial charge in [0, 0.05) is 11.4 Å². The summed E-state index contributed by atoms with van der Waals surface area (Å²) in [5.41, 5.74) is 3.65. The lowest BCUT2D eigenvalue weighted by Gasteiger charge is -2.13. The number of aryl methyl sites for hydroxylation is 2. The van der Waals surface area contributed by atoms with E-state index in [4.69, 9.17) is 4.74 Å². The van der Waals surface area contributed by atoms with Crippen LogP contribution in [0.25, 0.3) is 0 Å². The number of benzene rings is 1. The molecule has 1 aromatic carbocycles. The van der Waals surface area contributed by atoms with Gasteiger partial charge in [0.15, 0.2) is 0 Å². The number of nitrogens with one attached hydrogen (secondary N) is 1. The molecule has 1 aromatic heterocycles. The van der Waals surface area contributed by atoms with E-state index in [0.29, 0.717) is 0 Å². The molecule has 102 valence electrons. The molecule has 0 fully saturated rings. The summed E-state index contributed by atoms with van der Waals surface area (Å²) in [6.45, 7) is 7.98. The number of ether oxygens (including phenoxy) is 1. The summed E-state index contributed by atoms with van der Waals surface area (Å²) >= 11 is 1.79. The monoisotopic (exact) mass is 275 g/mol. The highest BCUT2D eigenvalue weighted by Crippen LogP contribution is 2.27. The van der Waals surface area contributed by atoms with E-state index in [1.54, 1.807) is 11.3 Å². The average molecular weight is 275 g/mol. The van der Waals surface area contributed by atoms with Crippen LogP contribution in [0.15, 0.2) is 29.6 Å². The van der Waals surface area contributed by atoms with Gasteiger partial charge < -0.3 is 10.1 Å². The molecule has 0 spiro atoms. The van der Waals surface area contributed by atoms with Crippen LogP contribution in [0.5, 0.6) is 5.75 Å². The number of hydrogen-bond donors (Lipinski definition) is 1. The Balaban J connectivity index is 2.08. The molecule has 0 saturated heterocycles. The molecule has 1 heterocycles. The van der Waals surface area contributed by atoms with Gasteiger partial charge >= 0.3 is 0 Å². The predicted molar refractivity (Wildman–Crippen MR) is 83.3 cm³/mol. The molecule has 3 heteroatoms. The van der Waals surface area contributed by atoms with Gasteiger partial charge in [-0.25, -0.2) is 0 Å². The van der Waals surface area contributed by atoms with Crippen LogP contribution in [-0.2, 0) is 6.54 Å². The Labute approximate surface area is 119 Å². The smallest absolute Gasteiger partial charge is 0.142 e. The lowest BCUT2D eigenvalue weighted by Crippen LogP contribution is -2.03. The maximum Gasteiger partial charge on any atom is 0.142 e. The minimum absolute atomic E-state index is 0.760. The van der Waals surface area contributed by atoms with E-state index >= 15 is 0 Å². The van der Waals surface area contributed by atoms with E-state index in [-0.39, 0.29) is 0 Å². The molecule has 2 nitrogen and oxygen atoms in total. The molecule has 19 heavy (non-hydrogen) atoms. The molecule has 0 bridgehead atoms. The van der Waals surface area contributed by atoms with Gasteiger partial charge in [-0.3, -0.25) is 0 Å². The van der Waals surface area contributed by atoms with Crippen molar-refractivity contribution < 1.29 is 4.74 Å². The summed E-state index contributed by atoms with van der Waals surface area (Å²) in [4.78, 5) is 1.38. The highest BCUT2D eigenvalue weighted by atomic mass is 32.1. The van der Waals surface area contributed by atoms with Crippen LogP contribution in [0.3, 0.4) is 0 Å². The third kappa shape index (κ3) is 3.74. The zero-order chi connectivity index (χ0) is 13.7. The lowest BCUT2D eigenvalue weighted by molar-refractivity contribution is 0.318. The van der Waals surface area contributed by atoms with Crippen molar-refractivity contribution in [1.29, 1.82) is 0 Å². The summed E-state index contributed by atoms with van der Waals surface area (Å²) in [5.74, 6) is 0.955. The third-order valence-electron chi connectivity index (χ3n) is 3.01. The first-order chi connectivity index (χ1) is 9.20. The SMILES string of the molecule is CCCOc1cc(C)ccc1NCc1sccc1C. The Morgan fingerprint density at radius 1 is 1.21 bits per heavy atom. The van der Waals surface area contributed by atoms with Crippen molar-refractivity contribution in [3.05, 3.63) is 45.6 Å². The molecule has 0 saturated carbocycles. The Morgan fingerprint density at radius 3 is 2.74 bits per heavy atom. The maximum atomic E-state index is 5.81. The number of anilines is 1. The van der Waals surface area contributed by atoms with Gasteiger partial charge in [-0.05, 0) is 55.0 Å². The molecular formula is C16H21NOS. The van der Waals surface area contributed by atoms with Crippen molar-refractivity contribution in [2.75, 3.05) is 11.9 Å². The van der Waals surface area contributed by atoms with Crippen molar-refractivity contribution in [3.8, 4) is 5.75 Å². The first-order valence-corrected chi connectivity index (χ1v) is 7.59. The van der Waals surface area contributed by atoms with E-state index in [9.17, 15) is 0 Å². The summed E-state index contributed by atoms with van der Waals surface area (Å²) in [6, 6.07) is 8.47. The minimum Gasteiger partial charge on any atom is -0.491 e. The van der Waals surface area contributed by atoms with E-state index < -0.39 is 0 Å². The molecule has 0 aliphatic carbocycles. The van der Waals surface area contributed by atoms with Crippen molar-refractivity contribution in [2.24, 2.45) is 0 Å². The summed E-state index contributed by atoms with van der Waals surface area (Å²) in [7, 11) is 0. The van der Waals surface area contributed by atoms with Crippen LogP contribution >= 0.6 is 11.3 Å². The second kappa shape index (κ2) is 6.62. The number of rotatable bonds is 6. The largest absolute Gasteiger partial charge is 0.491 e. The van der Waals surface area contributed by atoms with E-state index in [0.717, 1.165) is 31.0 Å². The van der Waals surface area contributed by atoms with Gasteiger partial charge in [0.2, 0.25) is 0 Å². The van der Waals surface area contributed by atoms with Crippen LogP contribution in [-0.4, -0.2) is 6.61 Å². The van der Waals surface area contributed by atoms with Crippen molar-refractivity contribution >= 4 is 17.0 Å². The molecule has 0 aliphatic rings. The van der Waals surface area contributed by atoms with Crippen LogP contribution in [0.1, 0.15) is 29.3 Å². The molecule has 2 aromatic rings. The van der Waals surface area contributed by atoms with Crippen LogP contribution < -0.4 is 10.1 Å². The molecule has 1 N–H and O–H groups in total. The molecule has 2 rings (SSSR count). The first kappa shape index (κ1) is 13.9. The summed E-state index contributed by atoms with van der Waals surface area (Å²) in [5, 5.41) is 5.61. The van der Waals surface area contributed by atoms with Crippen molar-refractivity contribution in [1.82, 2.24) is 0 Å². The quantitative estimate of drug-likeness (QED) is 0.820. The highest BCUT2D eigenvalue weighted by Gasteiger charge is 2.05. The van der Waals surface area contributed by atoms with Crippen molar-refractivity contribution in [2.45, 2.75) is 33.7 Å². The second-order valence-corrected chi connectivity index (χ2v) is 5.73. The fraction of sp³-hybridized carbons (Fsp3) is 0.375. The second-order valence-electron chi connectivity index (χ2n) is 4.73. The standard InChI is InChI=1S/C16H21NOS/c1-4-8-18-15-10-12(2)5-6-14(15)17-11-16-13(3)7-9-19-16/h5-7,9-10,17H,4,8,11H2,1-3H3. The molecule has 0 atom stereocenters. The molecular weight excluding hydrogens is 254 g/mol. The normalized spacial score (nSPS) is 10.5. The molecule has 0 aliphatic heterocycles. The van der Waals surface area contributed by atoms with Gasteiger partial charge in [-0.15, -0.1) is 11.3 Å². The summed E-state index contributed by atoms with van der Waals surface area (Å²) in [6.07, 6.45) is 1.03. The van der Waals surface area contributed by atoms with Crippen molar-refractivity contribution in [3.63, 3.8) is 0 Å². The Bertz CT molecular complexity index is 533. The lowest BCUT2D eigenvalue weighted by atomic mass is 10.2. The predicted octanol–water partition coefficient (Wildman–Crippen LogP) is 4.77. The van der Waals surface area contributed by atoms with Crippen LogP contribution in [0.2, 0.25) is 0 Å². The molecule has 0 amide bonds. The first-order valence-electron chi connectivity index (χ1n) is 6.71. The highest BCUT2D eigenvalue weighted by molar-refractivity contribution is 7.10. The number of thiophene rings is 1. The zero-order valence-electron chi connectivity index (χ0n) is 11.8. The van der Waals surface area contributed by atoms with Crippen LogP contribution in [0, 0.1) is 13.8 Å². The zero-order valence-corrected chi connectivity index (χ0v) is 12.6. The van der Waals surface area contributed by atoms with Gasteiger partial charge in [0.25, 0.3) is 0 Å². The van der Waals surface area contributed by atoms with Gasteiger partial charge in [0.1, 0.15) is 5.75 Å². The Hall–Kier alpha value is -1.48. The van der Waals surface area contributed by atoms with Crippen LogP contribution in [0.4, 0.5) is 5.69 Å². The Kier molecular flexibility index (Phi) is 4.86. The van der Waals surface area contributed by atoms with E-state index in [2.05, 4.69) is 55.7 Å². The minimum atomic E-state index is 0.760. The fourth-order valence-corrected chi connectivity index (χ4v) is 2.71. The van der Waals surface area contributed by atoms with Gasteiger partial charge in [-0.1, -0.05) is 13.0 Å². The fourth-order valence-electron chi connectivity index (χ4n) is 1.87. The molecule has 0 radical (unpaired) electrons.